The van der Waals surface area contributed by atoms with Crippen molar-refractivity contribution in [1.29, 1.82) is 5.26 Å². The summed E-state index contributed by atoms with van der Waals surface area (Å²) in [7, 11) is -2.56. The second kappa shape index (κ2) is 7.56. The van der Waals surface area contributed by atoms with Gasteiger partial charge in [-0.25, -0.2) is 12.8 Å². The van der Waals surface area contributed by atoms with Crippen LogP contribution in [0.1, 0.15) is 6.42 Å². The number of methoxy groups -OCH3 is 1. The van der Waals surface area contributed by atoms with E-state index in [2.05, 4.69) is 0 Å². The molecule has 0 unspecified atom stereocenters. The van der Waals surface area contributed by atoms with Crippen LogP contribution in [0.2, 0.25) is 5.02 Å². The van der Waals surface area contributed by atoms with Crippen molar-refractivity contribution in [2.75, 3.05) is 32.5 Å². The minimum atomic E-state index is -3.99. The molecule has 0 aliphatic carbocycles. The van der Waals surface area contributed by atoms with E-state index in [0.717, 1.165) is 16.4 Å². The van der Waals surface area contributed by atoms with Crippen LogP contribution in [-0.4, -0.2) is 39.5 Å². The van der Waals surface area contributed by atoms with Crippen molar-refractivity contribution in [3.8, 4) is 6.07 Å². The summed E-state index contributed by atoms with van der Waals surface area (Å²) in [5, 5.41) is 8.35. The molecule has 116 valence electrons. The van der Waals surface area contributed by atoms with E-state index in [1.54, 1.807) is 0 Å². The monoisotopic (exact) mass is 335 g/mol. The molecule has 0 aromatic heterocycles. The van der Waals surface area contributed by atoms with Gasteiger partial charge >= 0.3 is 0 Å². The van der Waals surface area contributed by atoms with Crippen LogP contribution < -0.4 is 5.73 Å². The molecular formula is C12H15ClFN3O3S. The Balaban J connectivity index is 3.22. The molecule has 1 aromatic carbocycles. The van der Waals surface area contributed by atoms with Gasteiger partial charge < -0.3 is 10.5 Å². The zero-order valence-electron chi connectivity index (χ0n) is 11.3. The maximum Gasteiger partial charge on any atom is 0.244 e. The Hall–Kier alpha value is -1.40. The second-order valence-corrected chi connectivity index (χ2v) is 6.42. The maximum atomic E-state index is 13.3. The predicted octanol–water partition coefficient (Wildman–Crippen LogP) is 1.61. The number of hydrogen-bond acceptors (Lipinski definition) is 5. The number of nitriles is 1. The van der Waals surface area contributed by atoms with Crippen molar-refractivity contribution >= 4 is 27.3 Å². The number of sulfonamides is 1. The Kier molecular flexibility index (Phi) is 6.36. The first-order chi connectivity index (χ1) is 9.84. The van der Waals surface area contributed by atoms with Gasteiger partial charge in [-0.3, -0.25) is 0 Å². The average Bonchev–Trinajstić information content (AvgIpc) is 2.42. The van der Waals surface area contributed by atoms with Crippen molar-refractivity contribution in [2.45, 2.75) is 11.3 Å². The van der Waals surface area contributed by atoms with Crippen molar-refractivity contribution < 1.29 is 17.5 Å². The van der Waals surface area contributed by atoms with Crippen molar-refractivity contribution in [2.24, 2.45) is 0 Å². The number of nitrogen functional groups attached to an aromatic ring is 1. The van der Waals surface area contributed by atoms with Gasteiger partial charge in [0.2, 0.25) is 10.0 Å². The van der Waals surface area contributed by atoms with Gasteiger partial charge in [0.15, 0.2) is 0 Å². The largest absolute Gasteiger partial charge is 0.396 e. The standard InChI is InChI=1S/C12H15ClFN3O3S/c1-20-6-5-17(4-2-3-15)21(18,19)12-8-11(16)10(14)7-9(12)13/h7-8H,2,4-6,16H2,1H3. The summed E-state index contributed by atoms with van der Waals surface area (Å²) in [5.41, 5.74) is 5.08. The lowest BCUT2D eigenvalue weighted by Gasteiger charge is -2.21. The van der Waals surface area contributed by atoms with Gasteiger partial charge in [-0.15, -0.1) is 0 Å². The Morgan fingerprint density at radius 3 is 2.71 bits per heavy atom. The number of anilines is 1. The van der Waals surface area contributed by atoms with Gasteiger partial charge in [0.1, 0.15) is 10.7 Å². The number of benzene rings is 1. The van der Waals surface area contributed by atoms with Crippen molar-refractivity contribution in [3.05, 3.63) is 23.0 Å². The molecule has 1 aromatic rings. The van der Waals surface area contributed by atoms with E-state index >= 15 is 0 Å². The molecule has 0 bridgehead atoms. The van der Waals surface area contributed by atoms with Gasteiger partial charge in [0.05, 0.1) is 23.4 Å². The van der Waals surface area contributed by atoms with Gasteiger partial charge in [-0.2, -0.15) is 9.57 Å². The Morgan fingerprint density at radius 2 is 2.14 bits per heavy atom. The first kappa shape index (κ1) is 17.7. The van der Waals surface area contributed by atoms with Crippen LogP contribution in [0.5, 0.6) is 0 Å². The molecule has 0 saturated heterocycles. The fraction of sp³-hybridized carbons (Fsp3) is 0.417. The van der Waals surface area contributed by atoms with Gasteiger partial charge in [-0.05, 0) is 12.1 Å². The minimum absolute atomic E-state index is 0.0112. The maximum absolute atomic E-state index is 13.3. The van der Waals surface area contributed by atoms with Crippen LogP contribution in [0, 0.1) is 17.1 Å². The van der Waals surface area contributed by atoms with E-state index in [1.807, 2.05) is 6.07 Å². The smallest absolute Gasteiger partial charge is 0.244 e. The summed E-state index contributed by atoms with van der Waals surface area (Å²) in [6, 6.07) is 3.69. The van der Waals surface area contributed by atoms with Crippen LogP contribution in [0.25, 0.3) is 0 Å². The highest BCUT2D eigenvalue weighted by atomic mass is 35.5. The zero-order chi connectivity index (χ0) is 16.0. The molecule has 2 N–H and O–H groups in total. The third-order valence-electron chi connectivity index (χ3n) is 2.69. The quantitative estimate of drug-likeness (QED) is 0.764. The van der Waals surface area contributed by atoms with E-state index < -0.39 is 15.8 Å². The molecule has 0 spiro atoms. The van der Waals surface area contributed by atoms with E-state index in [0.29, 0.717) is 0 Å². The summed E-state index contributed by atoms with van der Waals surface area (Å²) in [6.07, 6.45) is 0.0112. The molecule has 1 rings (SSSR count). The summed E-state index contributed by atoms with van der Waals surface area (Å²) in [6.45, 7) is 0.183. The average molecular weight is 336 g/mol. The third-order valence-corrected chi connectivity index (χ3v) is 5.05. The molecule has 6 nitrogen and oxygen atoms in total. The third kappa shape index (κ3) is 4.28. The number of nitrogens with two attached hydrogens (primary N) is 1. The number of nitrogens with zero attached hydrogens (tertiary/aromatic N) is 2. The van der Waals surface area contributed by atoms with Crippen LogP contribution in [-0.2, 0) is 14.8 Å². The van der Waals surface area contributed by atoms with Gasteiger partial charge in [-0.1, -0.05) is 11.6 Å². The fourth-order valence-corrected chi connectivity index (χ4v) is 3.55. The molecule has 0 atom stereocenters. The molecule has 0 radical (unpaired) electrons. The highest BCUT2D eigenvalue weighted by molar-refractivity contribution is 7.89. The lowest BCUT2D eigenvalue weighted by molar-refractivity contribution is 0.179. The summed E-state index contributed by atoms with van der Waals surface area (Å²) in [5.74, 6) is -0.792. The molecular weight excluding hydrogens is 321 g/mol. The number of rotatable bonds is 7. The molecule has 0 fully saturated rings. The summed E-state index contributed by atoms with van der Waals surface area (Å²) >= 11 is 5.80. The molecule has 0 heterocycles. The Labute approximate surface area is 127 Å². The van der Waals surface area contributed by atoms with Crippen LogP contribution >= 0.6 is 11.6 Å². The number of halogens is 2. The topological polar surface area (TPSA) is 96.4 Å². The second-order valence-electron chi connectivity index (χ2n) is 4.11. The molecule has 0 aliphatic heterocycles. The SMILES string of the molecule is COCCN(CCC#N)S(=O)(=O)c1cc(N)c(F)cc1Cl. The molecule has 0 amide bonds. The first-order valence-electron chi connectivity index (χ1n) is 5.95. The van der Waals surface area contributed by atoms with Crippen LogP contribution in [0.3, 0.4) is 0 Å². The van der Waals surface area contributed by atoms with E-state index in [-0.39, 0.29) is 41.7 Å². The van der Waals surface area contributed by atoms with Crippen molar-refractivity contribution in [1.82, 2.24) is 4.31 Å². The molecule has 21 heavy (non-hydrogen) atoms. The summed E-state index contributed by atoms with van der Waals surface area (Å²) in [4.78, 5) is -0.294. The van der Waals surface area contributed by atoms with Crippen LogP contribution in [0.4, 0.5) is 10.1 Å². The number of ether oxygens (including phenoxy) is 1. The molecule has 9 heteroatoms. The summed E-state index contributed by atoms with van der Waals surface area (Å²) < 4.78 is 44.2. The molecule has 0 aliphatic rings. The van der Waals surface area contributed by atoms with E-state index in [1.165, 1.54) is 7.11 Å². The zero-order valence-corrected chi connectivity index (χ0v) is 12.9. The van der Waals surface area contributed by atoms with Crippen LogP contribution in [0.15, 0.2) is 17.0 Å². The lowest BCUT2D eigenvalue weighted by atomic mass is 10.3. The minimum Gasteiger partial charge on any atom is -0.396 e. The first-order valence-corrected chi connectivity index (χ1v) is 7.77. The van der Waals surface area contributed by atoms with Crippen molar-refractivity contribution in [3.63, 3.8) is 0 Å². The van der Waals surface area contributed by atoms with E-state index in [4.69, 9.17) is 27.3 Å². The normalized spacial score (nSPS) is 11.6. The van der Waals surface area contributed by atoms with E-state index in [9.17, 15) is 12.8 Å². The highest BCUT2D eigenvalue weighted by Gasteiger charge is 2.27. The number of hydrogen-bond donors (Lipinski definition) is 1. The highest BCUT2D eigenvalue weighted by Crippen LogP contribution is 2.28. The Morgan fingerprint density at radius 1 is 1.48 bits per heavy atom. The predicted molar refractivity (Wildman–Crippen MR) is 76.7 cm³/mol. The fourth-order valence-electron chi connectivity index (χ4n) is 1.60. The molecule has 0 saturated carbocycles. The Bertz CT molecular complexity index is 646. The van der Waals surface area contributed by atoms with Gasteiger partial charge in [0, 0.05) is 26.6 Å². The lowest BCUT2D eigenvalue weighted by Crippen LogP contribution is -2.35. The van der Waals surface area contributed by atoms with Gasteiger partial charge in [0.25, 0.3) is 0 Å².